The predicted molar refractivity (Wildman–Crippen MR) is 78.7 cm³/mol. The van der Waals surface area contributed by atoms with Crippen molar-refractivity contribution in [1.82, 2.24) is 15.2 Å². The molecule has 106 valence electrons. The summed E-state index contributed by atoms with van der Waals surface area (Å²) in [6, 6.07) is 3.49. The standard InChI is InChI=1S/C11H17BrN4O2S/c12-10-2-1-3-14-11(10)15-19(17,18)9-8-16-6-4-13-5-7-16/h1-3,13H,4-9H2,(H,14,15). The van der Waals surface area contributed by atoms with Crippen LogP contribution in [-0.2, 0) is 10.0 Å². The molecule has 19 heavy (non-hydrogen) atoms. The third kappa shape index (κ3) is 4.72. The van der Waals surface area contributed by atoms with Gasteiger partial charge in [-0.25, -0.2) is 13.4 Å². The summed E-state index contributed by atoms with van der Waals surface area (Å²) >= 11 is 3.27. The lowest BCUT2D eigenvalue weighted by Gasteiger charge is -2.26. The quantitative estimate of drug-likeness (QED) is 0.810. The second-order valence-corrected chi connectivity index (χ2v) is 7.04. The average molecular weight is 349 g/mol. The normalized spacial score (nSPS) is 17.3. The summed E-state index contributed by atoms with van der Waals surface area (Å²) in [6.45, 7) is 4.16. The van der Waals surface area contributed by atoms with Crippen molar-refractivity contribution in [1.29, 1.82) is 0 Å². The van der Waals surface area contributed by atoms with Crippen LogP contribution >= 0.6 is 15.9 Å². The Morgan fingerprint density at radius 1 is 1.42 bits per heavy atom. The molecule has 1 saturated heterocycles. The highest BCUT2D eigenvalue weighted by Crippen LogP contribution is 2.19. The van der Waals surface area contributed by atoms with Gasteiger partial charge in [0.15, 0.2) is 5.82 Å². The molecule has 0 unspecified atom stereocenters. The Hall–Kier alpha value is -0.700. The second kappa shape index (κ2) is 6.65. The number of halogens is 1. The van der Waals surface area contributed by atoms with Crippen molar-refractivity contribution in [2.24, 2.45) is 0 Å². The average Bonchev–Trinajstić information content (AvgIpc) is 2.40. The third-order valence-corrected chi connectivity index (χ3v) is 4.76. The predicted octanol–water partition coefficient (Wildman–Crippen LogP) is 0.491. The maximum absolute atomic E-state index is 12.0. The Kier molecular flexibility index (Phi) is 5.14. The van der Waals surface area contributed by atoms with E-state index in [0.717, 1.165) is 26.2 Å². The number of rotatable bonds is 5. The molecule has 0 bridgehead atoms. The molecule has 2 N–H and O–H groups in total. The van der Waals surface area contributed by atoms with Crippen LogP contribution in [0.5, 0.6) is 0 Å². The highest BCUT2D eigenvalue weighted by Gasteiger charge is 2.16. The molecule has 0 saturated carbocycles. The van der Waals surface area contributed by atoms with Crippen LogP contribution in [-0.4, -0.2) is 56.8 Å². The van der Waals surface area contributed by atoms with Gasteiger partial charge in [-0.3, -0.25) is 9.62 Å². The first kappa shape index (κ1) is 14.7. The van der Waals surface area contributed by atoms with Crippen molar-refractivity contribution in [3.8, 4) is 0 Å². The van der Waals surface area contributed by atoms with E-state index in [1.807, 2.05) is 0 Å². The number of nitrogens with zero attached hydrogens (tertiary/aromatic N) is 2. The number of pyridine rings is 1. The topological polar surface area (TPSA) is 74.3 Å². The van der Waals surface area contributed by atoms with Crippen LogP contribution in [0.1, 0.15) is 0 Å². The first-order valence-corrected chi connectivity index (χ1v) is 8.55. The molecule has 2 heterocycles. The summed E-state index contributed by atoms with van der Waals surface area (Å²) in [5, 5.41) is 3.24. The molecule has 0 atom stereocenters. The van der Waals surface area contributed by atoms with Crippen molar-refractivity contribution in [2.45, 2.75) is 0 Å². The highest BCUT2D eigenvalue weighted by atomic mass is 79.9. The molecule has 0 aliphatic carbocycles. The molecule has 1 aliphatic rings. The molecule has 2 rings (SSSR count). The lowest BCUT2D eigenvalue weighted by molar-refractivity contribution is 0.254. The fourth-order valence-corrected chi connectivity index (χ4v) is 3.39. The fourth-order valence-electron chi connectivity index (χ4n) is 1.84. The number of hydrogen-bond acceptors (Lipinski definition) is 5. The Morgan fingerprint density at radius 2 is 2.16 bits per heavy atom. The largest absolute Gasteiger partial charge is 0.314 e. The van der Waals surface area contributed by atoms with Crippen LogP contribution < -0.4 is 10.0 Å². The van der Waals surface area contributed by atoms with Gasteiger partial charge < -0.3 is 5.32 Å². The number of piperazine rings is 1. The number of aromatic nitrogens is 1. The van der Waals surface area contributed by atoms with Gasteiger partial charge in [-0.05, 0) is 28.1 Å². The monoisotopic (exact) mass is 348 g/mol. The number of nitrogens with one attached hydrogen (secondary N) is 2. The Bertz CT molecular complexity index is 517. The van der Waals surface area contributed by atoms with E-state index in [-0.39, 0.29) is 5.75 Å². The molecule has 1 aliphatic heterocycles. The van der Waals surface area contributed by atoms with Gasteiger partial charge in [-0.1, -0.05) is 0 Å². The van der Waals surface area contributed by atoms with Gasteiger partial charge in [-0.15, -0.1) is 0 Å². The third-order valence-electron chi connectivity index (χ3n) is 2.90. The summed E-state index contributed by atoms with van der Waals surface area (Å²) in [7, 11) is -3.36. The molecule has 1 fully saturated rings. The summed E-state index contributed by atoms with van der Waals surface area (Å²) in [5.74, 6) is 0.415. The summed E-state index contributed by atoms with van der Waals surface area (Å²) in [5.41, 5.74) is 0. The van der Waals surface area contributed by atoms with Crippen LogP contribution in [0.25, 0.3) is 0 Å². The Morgan fingerprint density at radius 3 is 2.84 bits per heavy atom. The molecule has 0 aromatic carbocycles. The number of anilines is 1. The summed E-state index contributed by atoms with van der Waals surface area (Å²) in [6.07, 6.45) is 1.55. The Labute approximate surface area is 121 Å². The molecular formula is C11H17BrN4O2S. The van der Waals surface area contributed by atoms with Crippen molar-refractivity contribution in [3.63, 3.8) is 0 Å². The minimum Gasteiger partial charge on any atom is -0.314 e. The molecule has 0 radical (unpaired) electrons. The molecule has 0 amide bonds. The van der Waals surface area contributed by atoms with Gasteiger partial charge in [0.25, 0.3) is 0 Å². The molecule has 8 heteroatoms. The zero-order chi connectivity index (χ0) is 13.7. The molecule has 0 spiro atoms. The maximum atomic E-state index is 12.0. The summed E-state index contributed by atoms with van der Waals surface area (Å²) in [4.78, 5) is 6.14. The van der Waals surface area contributed by atoms with Crippen LogP contribution in [0.15, 0.2) is 22.8 Å². The zero-order valence-electron chi connectivity index (χ0n) is 10.5. The van der Waals surface area contributed by atoms with Crippen molar-refractivity contribution in [2.75, 3.05) is 43.2 Å². The van der Waals surface area contributed by atoms with Crippen LogP contribution in [0.2, 0.25) is 0 Å². The van der Waals surface area contributed by atoms with Crippen molar-refractivity contribution >= 4 is 31.8 Å². The molecular weight excluding hydrogens is 332 g/mol. The van der Waals surface area contributed by atoms with Crippen molar-refractivity contribution < 1.29 is 8.42 Å². The van der Waals surface area contributed by atoms with E-state index in [0.29, 0.717) is 16.8 Å². The smallest absolute Gasteiger partial charge is 0.235 e. The minimum absolute atomic E-state index is 0.0794. The highest BCUT2D eigenvalue weighted by molar-refractivity contribution is 9.10. The van der Waals surface area contributed by atoms with Crippen molar-refractivity contribution in [3.05, 3.63) is 22.8 Å². The van der Waals surface area contributed by atoms with E-state index in [9.17, 15) is 8.42 Å². The molecule has 6 nitrogen and oxygen atoms in total. The maximum Gasteiger partial charge on any atom is 0.235 e. The fraction of sp³-hybridized carbons (Fsp3) is 0.545. The van der Waals surface area contributed by atoms with Crippen LogP contribution in [0, 0.1) is 0 Å². The zero-order valence-corrected chi connectivity index (χ0v) is 12.9. The van der Waals surface area contributed by atoms with Gasteiger partial charge in [0, 0.05) is 38.9 Å². The Balaban J connectivity index is 1.90. The van der Waals surface area contributed by atoms with Gasteiger partial charge in [0.1, 0.15) is 0 Å². The van der Waals surface area contributed by atoms with Gasteiger partial charge in [-0.2, -0.15) is 0 Å². The van der Waals surface area contributed by atoms with E-state index in [4.69, 9.17) is 0 Å². The van der Waals surface area contributed by atoms with Gasteiger partial charge in [0.05, 0.1) is 10.2 Å². The van der Waals surface area contributed by atoms with E-state index in [1.54, 1.807) is 18.3 Å². The lowest BCUT2D eigenvalue weighted by Crippen LogP contribution is -2.45. The van der Waals surface area contributed by atoms with Crippen LogP contribution in [0.4, 0.5) is 5.82 Å². The lowest BCUT2D eigenvalue weighted by atomic mass is 10.4. The van der Waals surface area contributed by atoms with E-state index < -0.39 is 10.0 Å². The van der Waals surface area contributed by atoms with Gasteiger partial charge in [0.2, 0.25) is 10.0 Å². The van der Waals surface area contributed by atoms with E-state index in [1.165, 1.54) is 0 Å². The first-order chi connectivity index (χ1) is 9.07. The SMILES string of the molecule is O=S(=O)(CCN1CCNCC1)Nc1ncccc1Br. The minimum atomic E-state index is -3.36. The first-order valence-electron chi connectivity index (χ1n) is 6.11. The van der Waals surface area contributed by atoms with Gasteiger partial charge >= 0.3 is 0 Å². The van der Waals surface area contributed by atoms with Crippen LogP contribution in [0.3, 0.4) is 0 Å². The summed E-state index contributed by atoms with van der Waals surface area (Å²) < 4.78 is 27.1. The van der Waals surface area contributed by atoms with E-state index >= 15 is 0 Å². The second-order valence-electron chi connectivity index (χ2n) is 4.35. The number of hydrogen-bond donors (Lipinski definition) is 2. The number of sulfonamides is 1. The van der Waals surface area contributed by atoms with E-state index in [2.05, 4.69) is 35.9 Å². The molecule has 1 aromatic rings. The molecule has 1 aromatic heterocycles.